The van der Waals surface area contributed by atoms with Gasteiger partial charge in [0.1, 0.15) is 11.5 Å². The fourth-order valence-corrected chi connectivity index (χ4v) is 3.93. The second-order valence-electron chi connectivity index (χ2n) is 7.39. The molecule has 3 rings (SSSR count). The Bertz CT molecular complexity index is 954. The van der Waals surface area contributed by atoms with Gasteiger partial charge in [-0.3, -0.25) is 14.6 Å². The maximum absolute atomic E-state index is 13.0. The molecule has 0 unspecified atom stereocenters. The van der Waals surface area contributed by atoms with E-state index in [0.29, 0.717) is 17.9 Å². The van der Waals surface area contributed by atoms with Crippen LogP contribution in [-0.4, -0.2) is 64.9 Å². The van der Waals surface area contributed by atoms with E-state index < -0.39 is 17.7 Å². The van der Waals surface area contributed by atoms with Crippen LogP contribution in [0.1, 0.15) is 37.4 Å². The van der Waals surface area contributed by atoms with E-state index in [-0.39, 0.29) is 11.3 Å². The van der Waals surface area contributed by atoms with Crippen molar-refractivity contribution in [3.8, 4) is 5.75 Å². The number of carbonyl (C=O) groups is 2. The zero-order valence-corrected chi connectivity index (χ0v) is 18.2. The Hall–Kier alpha value is -3.19. The number of carbonyl (C=O) groups excluding carboxylic acids is 2. The van der Waals surface area contributed by atoms with Crippen molar-refractivity contribution in [1.82, 2.24) is 14.8 Å². The number of methoxy groups -OCH3 is 1. The van der Waals surface area contributed by atoms with E-state index >= 15 is 0 Å². The fourth-order valence-electron chi connectivity index (χ4n) is 3.93. The average molecular weight is 424 g/mol. The lowest BCUT2D eigenvalue weighted by molar-refractivity contribution is -0.140. The lowest BCUT2D eigenvalue weighted by Gasteiger charge is -2.26. The SMILES string of the molecule is CCN(CC)CCCN1C(=O)C(=O)/C(=C(/O)c2cccc(OC)c2)[C@@H]1c1ccncc1. The molecule has 1 atom stereocenters. The molecule has 0 bridgehead atoms. The monoisotopic (exact) mass is 423 g/mol. The predicted octanol–water partition coefficient (Wildman–Crippen LogP) is 3.24. The molecule has 1 saturated heterocycles. The molecule has 7 nitrogen and oxygen atoms in total. The Balaban J connectivity index is 2.01. The number of rotatable bonds is 9. The second kappa shape index (κ2) is 10.2. The molecule has 1 aliphatic rings. The highest BCUT2D eigenvalue weighted by atomic mass is 16.5. The first-order chi connectivity index (χ1) is 15.0. The molecule has 1 fully saturated rings. The first-order valence-corrected chi connectivity index (χ1v) is 10.6. The van der Waals surface area contributed by atoms with E-state index in [0.717, 1.165) is 31.6 Å². The highest BCUT2D eigenvalue weighted by Gasteiger charge is 2.45. The summed E-state index contributed by atoms with van der Waals surface area (Å²) >= 11 is 0. The molecule has 2 heterocycles. The summed E-state index contributed by atoms with van der Waals surface area (Å²) in [5.41, 5.74) is 1.26. The standard InChI is InChI=1S/C24H29N3O4/c1-4-26(5-2)14-7-15-27-21(17-10-12-25-13-11-17)20(23(29)24(27)30)22(28)18-8-6-9-19(16-18)31-3/h6,8-13,16,21,28H,4-5,7,14-15H2,1-3H3/b22-20+/t21-/m0/s1. The van der Waals surface area contributed by atoms with Crippen LogP contribution in [0.4, 0.5) is 0 Å². The van der Waals surface area contributed by atoms with Crippen LogP contribution in [0.3, 0.4) is 0 Å². The number of aliphatic hydroxyl groups excluding tert-OH is 1. The van der Waals surface area contributed by atoms with Gasteiger partial charge in [0.15, 0.2) is 0 Å². The number of ketones is 1. The number of pyridine rings is 1. The Kier molecular flexibility index (Phi) is 7.41. The van der Waals surface area contributed by atoms with Gasteiger partial charge in [0.25, 0.3) is 11.7 Å². The van der Waals surface area contributed by atoms with Crippen molar-refractivity contribution >= 4 is 17.4 Å². The largest absolute Gasteiger partial charge is 0.507 e. The molecule has 0 aliphatic carbocycles. The average Bonchev–Trinajstić information content (AvgIpc) is 3.07. The van der Waals surface area contributed by atoms with Crippen LogP contribution in [0.5, 0.6) is 5.75 Å². The number of hydrogen-bond acceptors (Lipinski definition) is 6. The summed E-state index contributed by atoms with van der Waals surface area (Å²) in [5, 5.41) is 11.1. The molecule has 0 saturated carbocycles. The predicted molar refractivity (Wildman–Crippen MR) is 119 cm³/mol. The number of amides is 1. The molecular formula is C24H29N3O4. The number of aliphatic hydroxyl groups is 1. The zero-order valence-electron chi connectivity index (χ0n) is 18.2. The van der Waals surface area contributed by atoms with Crippen molar-refractivity contribution in [3.05, 3.63) is 65.5 Å². The van der Waals surface area contributed by atoms with Gasteiger partial charge in [-0.2, -0.15) is 0 Å². The lowest BCUT2D eigenvalue weighted by Crippen LogP contribution is -2.33. The Morgan fingerprint density at radius 3 is 2.52 bits per heavy atom. The van der Waals surface area contributed by atoms with E-state index in [1.165, 1.54) is 7.11 Å². The van der Waals surface area contributed by atoms with E-state index in [1.807, 2.05) is 0 Å². The third-order valence-corrected chi connectivity index (χ3v) is 5.67. The van der Waals surface area contributed by atoms with Crippen molar-refractivity contribution in [2.24, 2.45) is 0 Å². The number of Topliss-reactive ketones (excluding diaryl/α,β-unsaturated/α-hetero) is 1. The van der Waals surface area contributed by atoms with Crippen molar-refractivity contribution in [2.75, 3.05) is 33.3 Å². The van der Waals surface area contributed by atoms with Crippen molar-refractivity contribution in [3.63, 3.8) is 0 Å². The number of ether oxygens (including phenoxy) is 1. The second-order valence-corrected chi connectivity index (χ2v) is 7.39. The highest BCUT2D eigenvalue weighted by molar-refractivity contribution is 6.46. The van der Waals surface area contributed by atoms with Gasteiger partial charge in [0.05, 0.1) is 18.7 Å². The summed E-state index contributed by atoms with van der Waals surface area (Å²) < 4.78 is 5.24. The smallest absolute Gasteiger partial charge is 0.295 e. The minimum absolute atomic E-state index is 0.0901. The minimum Gasteiger partial charge on any atom is -0.507 e. The zero-order chi connectivity index (χ0) is 22.4. The maximum atomic E-state index is 13.0. The first kappa shape index (κ1) is 22.5. The summed E-state index contributed by atoms with van der Waals surface area (Å²) in [6, 6.07) is 9.70. The maximum Gasteiger partial charge on any atom is 0.295 e. The van der Waals surface area contributed by atoms with Crippen molar-refractivity contribution in [2.45, 2.75) is 26.3 Å². The highest BCUT2D eigenvalue weighted by Crippen LogP contribution is 2.39. The van der Waals surface area contributed by atoms with Gasteiger partial charge in [-0.15, -0.1) is 0 Å². The molecule has 1 aromatic heterocycles. The molecule has 0 radical (unpaired) electrons. The Morgan fingerprint density at radius 2 is 1.87 bits per heavy atom. The quantitative estimate of drug-likeness (QED) is 0.379. The molecule has 1 aromatic carbocycles. The number of likely N-dealkylation sites (tertiary alicyclic amines) is 1. The van der Waals surface area contributed by atoms with Crippen LogP contribution in [0, 0.1) is 0 Å². The molecule has 1 N–H and O–H groups in total. The van der Waals surface area contributed by atoms with E-state index in [2.05, 4.69) is 23.7 Å². The van der Waals surface area contributed by atoms with Gasteiger partial charge in [-0.05, 0) is 55.9 Å². The summed E-state index contributed by atoms with van der Waals surface area (Å²) in [7, 11) is 1.53. The molecule has 164 valence electrons. The minimum atomic E-state index is -0.676. The normalized spacial score (nSPS) is 18.1. The number of nitrogens with zero attached hydrogens (tertiary/aromatic N) is 3. The van der Waals surface area contributed by atoms with Gasteiger partial charge < -0.3 is 19.6 Å². The van der Waals surface area contributed by atoms with Crippen LogP contribution >= 0.6 is 0 Å². The summed E-state index contributed by atoms with van der Waals surface area (Å²) in [6.07, 6.45) is 3.98. The summed E-state index contributed by atoms with van der Waals surface area (Å²) in [6.45, 7) is 7.30. The number of benzene rings is 1. The van der Waals surface area contributed by atoms with Gasteiger partial charge in [0, 0.05) is 24.5 Å². The van der Waals surface area contributed by atoms with Crippen LogP contribution in [0.2, 0.25) is 0 Å². The van der Waals surface area contributed by atoms with Gasteiger partial charge >= 0.3 is 0 Å². The van der Waals surface area contributed by atoms with Crippen LogP contribution in [-0.2, 0) is 9.59 Å². The lowest BCUT2D eigenvalue weighted by atomic mass is 9.96. The number of hydrogen-bond donors (Lipinski definition) is 1. The van der Waals surface area contributed by atoms with E-state index in [1.54, 1.807) is 53.7 Å². The third kappa shape index (κ3) is 4.77. The van der Waals surface area contributed by atoms with Crippen molar-refractivity contribution in [1.29, 1.82) is 0 Å². The Labute approximate surface area is 183 Å². The topological polar surface area (TPSA) is 83.0 Å². The van der Waals surface area contributed by atoms with Crippen LogP contribution < -0.4 is 4.74 Å². The third-order valence-electron chi connectivity index (χ3n) is 5.67. The molecule has 31 heavy (non-hydrogen) atoms. The molecule has 1 amide bonds. The molecule has 2 aromatic rings. The van der Waals surface area contributed by atoms with E-state index in [9.17, 15) is 14.7 Å². The summed E-state index contributed by atoms with van der Waals surface area (Å²) in [5.74, 6) is -0.918. The summed E-state index contributed by atoms with van der Waals surface area (Å²) in [4.78, 5) is 33.8. The molecular weight excluding hydrogens is 394 g/mol. The van der Waals surface area contributed by atoms with Gasteiger partial charge in [-0.25, -0.2) is 0 Å². The molecule has 0 spiro atoms. The van der Waals surface area contributed by atoms with Crippen molar-refractivity contribution < 1.29 is 19.4 Å². The first-order valence-electron chi connectivity index (χ1n) is 10.6. The molecule has 7 heteroatoms. The Morgan fingerprint density at radius 1 is 1.16 bits per heavy atom. The van der Waals surface area contributed by atoms with Gasteiger partial charge in [-0.1, -0.05) is 26.0 Å². The van der Waals surface area contributed by atoms with Crippen LogP contribution in [0.15, 0.2) is 54.4 Å². The van der Waals surface area contributed by atoms with E-state index in [4.69, 9.17) is 4.74 Å². The van der Waals surface area contributed by atoms with Gasteiger partial charge in [0.2, 0.25) is 0 Å². The van der Waals surface area contributed by atoms with Crippen LogP contribution in [0.25, 0.3) is 5.76 Å². The fraction of sp³-hybridized carbons (Fsp3) is 0.375. The number of aromatic nitrogens is 1. The molecule has 1 aliphatic heterocycles.